The van der Waals surface area contributed by atoms with Crippen LogP contribution in [0.2, 0.25) is 0 Å². The van der Waals surface area contributed by atoms with Gasteiger partial charge in [-0.3, -0.25) is 4.79 Å². The molecule has 1 unspecified atom stereocenters. The third kappa shape index (κ3) is 4.41. The van der Waals surface area contributed by atoms with Crippen molar-refractivity contribution >= 4 is 16.9 Å². The highest BCUT2D eigenvalue weighted by molar-refractivity contribution is 5.99. The molecule has 0 saturated carbocycles. The molecular weight excluding hydrogens is 493 g/mol. The second-order valence-electron chi connectivity index (χ2n) is 8.69. The Bertz CT molecular complexity index is 1410. The first-order valence-corrected chi connectivity index (χ1v) is 11.3. The van der Waals surface area contributed by atoms with Crippen LogP contribution < -0.4 is 14.2 Å². The fourth-order valence-electron chi connectivity index (χ4n) is 4.67. The van der Waals surface area contributed by atoms with Crippen molar-refractivity contribution in [3.8, 4) is 22.9 Å². The van der Waals surface area contributed by atoms with Gasteiger partial charge >= 0.3 is 6.36 Å². The monoisotopic (exact) mass is 516 g/mol. The van der Waals surface area contributed by atoms with E-state index in [0.29, 0.717) is 47.7 Å². The second-order valence-corrected chi connectivity index (χ2v) is 8.69. The molecule has 1 saturated heterocycles. The summed E-state index contributed by atoms with van der Waals surface area (Å²) < 4.78 is 53.6. The summed E-state index contributed by atoms with van der Waals surface area (Å²) in [5.41, 5.74) is 0.625. The van der Waals surface area contributed by atoms with Crippen molar-refractivity contribution in [2.45, 2.75) is 31.7 Å². The highest BCUT2D eigenvalue weighted by Crippen LogP contribution is 2.41. The molecular formula is C24H23F3N6O4. The van der Waals surface area contributed by atoms with Gasteiger partial charge in [-0.25, -0.2) is 4.98 Å². The van der Waals surface area contributed by atoms with E-state index in [0.717, 1.165) is 12.1 Å². The Kier molecular flexibility index (Phi) is 5.92. The lowest BCUT2D eigenvalue weighted by Gasteiger charge is -2.34. The maximum Gasteiger partial charge on any atom is 0.573 e. The second kappa shape index (κ2) is 8.98. The largest absolute Gasteiger partial charge is 0.573 e. The van der Waals surface area contributed by atoms with Crippen molar-refractivity contribution in [3.05, 3.63) is 54.1 Å². The number of aromatic nitrogens is 5. The summed E-state index contributed by atoms with van der Waals surface area (Å²) in [5, 5.41) is 8.09. The molecule has 1 N–H and O–H groups in total. The molecule has 4 aromatic rings. The van der Waals surface area contributed by atoms with E-state index in [-0.39, 0.29) is 11.3 Å². The number of aromatic amines is 1. The third-order valence-corrected chi connectivity index (χ3v) is 6.45. The third-order valence-electron chi connectivity index (χ3n) is 6.45. The fourth-order valence-corrected chi connectivity index (χ4v) is 4.67. The molecule has 194 valence electrons. The Morgan fingerprint density at radius 3 is 2.46 bits per heavy atom. The molecule has 1 atom stereocenters. The number of fused-ring (bicyclic) bond motifs is 1. The summed E-state index contributed by atoms with van der Waals surface area (Å²) in [5.74, 6) is 0.541. The van der Waals surface area contributed by atoms with Crippen molar-refractivity contribution in [3.63, 3.8) is 0 Å². The molecule has 0 bridgehead atoms. The Balaban J connectivity index is 1.57. The van der Waals surface area contributed by atoms with E-state index in [9.17, 15) is 18.0 Å². The first-order valence-electron chi connectivity index (χ1n) is 11.3. The van der Waals surface area contributed by atoms with Gasteiger partial charge in [0.2, 0.25) is 0 Å². The van der Waals surface area contributed by atoms with E-state index in [1.165, 1.54) is 37.5 Å². The predicted molar refractivity (Wildman–Crippen MR) is 125 cm³/mol. The zero-order chi connectivity index (χ0) is 26.4. The zero-order valence-corrected chi connectivity index (χ0v) is 20.2. The first-order chi connectivity index (χ1) is 17.6. The van der Waals surface area contributed by atoms with Crippen LogP contribution in [0.25, 0.3) is 16.7 Å². The van der Waals surface area contributed by atoms with Gasteiger partial charge in [0.1, 0.15) is 11.6 Å². The molecule has 5 rings (SSSR count). The van der Waals surface area contributed by atoms with Gasteiger partial charge in [0, 0.05) is 18.7 Å². The van der Waals surface area contributed by atoms with E-state index in [1.54, 1.807) is 17.0 Å². The summed E-state index contributed by atoms with van der Waals surface area (Å²) in [6.07, 6.45) is -0.845. The van der Waals surface area contributed by atoms with Crippen LogP contribution >= 0.6 is 0 Å². The number of H-pyrrole nitrogens is 1. The molecule has 2 aromatic heterocycles. The zero-order valence-electron chi connectivity index (χ0n) is 20.2. The van der Waals surface area contributed by atoms with E-state index >= 15 is 0 Å². The lowest BCUT2D eigenvalue weighted by atomic mass is 9.97. The van der Waals surface area contributed by atoms with E-state index in [2.05, 4.69) is 19.9 Å². The van der Waals surface area contributed by atoms with Gasteiger partial charge in [-0.1, -0.05) is 0 Å². The smallest absolute Gasteiger partial charge is 0.493 e. The highest BCUT2D eigenvalue weighted by atomic mass is 19.4. The molecule has 1 aliphatic heterocycles. The van der Waals surface area contributed by atoms with Gasteiger partial charge in [0.05, 0.1) is 54.4 Å². The number of amides is 1. The predicted octanol–water partition coefficient (Wildman–Crippen LogP) is 4.21. The normalized spacial score (nSPS) is 17.8. The van der Waals surface area contributed by atoms with E-state index in [1.807, 2.05) is 6.92 Å². The Hall–Kier alpha value is -4.29. The minimum Gasteiger partial charge on any atom is -0.493 e. The first kappa shape index (κ1) is 24.4. The quantitative estimate of drug-likeness (QED) is 0.409. The molecule has 1 aliphatic rings. The molecule has 13 heteroatoms. The van der Waals surface area contributed by atoms with Gasteiger partial charge in [-0.15, -0.1) is 13.2 Å². The minimum atomic E-state index is -4.91. The van der Waals surface area contributed by atoms with Crippen molar-refractivity contribution in [1.29, 1.82) is 0 Å². The minimum absolute atomic E-state index is 0.0366. The SMILES string of the molecule is COc1cc2nc(C3(C)CCCN3C(=O)c3cc(OC(F)(F)F)ccc3-n3nccn3)[nH]c2cc1OC. The van der Waals surface area contributed by atoms with Crippen molar-refractivity contribution in [1.82, 2.24) is 29.9 Å². The summed E-state index contributed by atoms with van der Waals surface area (Å²) in [6.45, 7) is 2.24. The van der Waals surface area contributed by atoms with E-state index < -0.39 is 23.6 Å². The highest BCUT2D eigenvalue weighted by Gasteiger charge is 2.44. The van der Waals surface area contributed by atoms with Crippen LogP contribution in [0.1, 0.15) is 35.9 Å². The number of hydrogen-bond donors (Lipinski definition) is 1. The number of likely N-dealkylation sites (tertiary alicyclic amines) is 1. The van der Waals surface area contributed by atoms with Crippen molar-refractivity contribution < 1.29 is 32.2 Å². The topological polar surface area (TPSA) is 107 Å². The number of imidazole rings is 1. The number of nitrogens with zero attached hydrogens (tertiary/aromatic N) is 5. The Morgan fingerprint density at radius 1 is 1.08 bits per heavy atom. The van der Waals surface area contributed by atoms with Gasteiger partial charge in [-0.2, -0.15) is 15.0 Å². The number of carbonyl (C=O) groups excluding carboxylic acids is 1. The standard InChI is InChI=1S/C24H23F3N6O4/c1-23(22-30-16-12-19(35-2)20(36-3)13-17(16)31-22)7-4-10-32(23)21(34)15-11-14(37-24(25,26)27)5-6-18(15)33-28-8-9-29-33/h5-6,8-9,11-13H,4,7,10H2,1-3H3,(H,30,31). The average Bonchev–Trinajstić information content (AvgIpc) is 3.61. The van der Waals surface area contributed by atoms with Crippen LogP contribution in [0.3, 0.4) is 0 Å². The van der Waals surface area contributed by atoms with Crippen LogP contribution in [0, 0.1) is 0 Å². The number of methoxy groups -OCH3 is 2. The lowest BCUT2D eigenvalue weighted by molar-refractivity contribution is -0.274. The van der Waals surface area contributed by atoms with Gasteiger partial charge < -0.3 is 24.1 Å². The number of rotatable bonds is 6. The Morgan fingerprint density at radius 2 is 1.78 bits per heavy atom. The maximum absolute atomic E-state index is 13.9. The number of hydrogen-bond acceptors (Lipinski definition) is 7. The molecule has 3 heterocycles. The van der Waals surface area contributed by atoms with Crippen LogP contribution in [-0.2, 0) is 5.54 Å². The van der Waals surface area contributed by atoms with Crippen molar-refractivity contribution in [2.24, 2.45) is 0 Å². The van der Waals surface area contributed by atoms with Crippen LogP contribution in [-0.4, -0.2) is 62.9 Å². The molecule has 0 spiro atoms. The number of benzene rings is 2. The maximum atomic E-state index is 13.9. The summed E-state index contributed by atoms with van der Waals surface area (Å²) in [4.78, 5) is 24.7. The lowest BCUT2D eigenvalue weighted by Crippen LogP contribution is -2.44. The summed E-state index contributed by atoms with van der Waals surface area (Å²) in [6, 6.07) is 6.99. The van der Waals surface area contributed by atoms with Crippen LogP contribution in [0.4, 0.5) is 13.2 Å². The summed E-state index contributed by atoms with van der Waals surface area (Å²) >= 11 is 0. The number of nitrogens with one attached hydrogen (secondary N) is 1. The molecule has 0 aliphatic carbocycles. The van der Waals surface area contributed by atoms with Gasteiger partial charge in [-0.05, 0) is 38.0 Å². The molecule has 2 aromatic carbocycles. The molecule has 1 fully saturated rings. The average molecular weight is 516 g/mol. The fraction of sp³-hybridized carbons (Fsp3) is 0.333. The number of alkyl halides is 3. The number of ether oxygens (including phenoxy) is 3. The van der Waals surface area contributed by atoms with Gasteiger partial charge in [0.15, 0.2) is 11.5 Å². The molecule has 10 nitrogen and oxygen atoms in total. The van der Waals surface area contributed by atoms with Gasteiger partial charge in [0.25, 0.3) is 5.91 Å². The van der Waals surface area contributed by atoms with E-state index in [4.69, 9.17) is 14.5 Å². The molecule has 0 radical (unpaired) electrons. The van der Waals surface area contributed by atoms with Crippen LogP contribution in [0.15, 0.2) is 42.7 Å². The Labute approximate surface area is 208 Å². The van der Waals surface area contributed by atoms with Crippen molar-refractivity contribution in [2.75, 3.05) is 20.8 Å². The summed E-state index contributed by atoms with van der Waals surface area (Å²) in [7, 11) is 3.06. The van der Waals surface area contributed by atoms with Crippen LogP contribution in [0.5, 0.6) is 17.2 Å². The number of halogens is 3. The number of carbonyl (C=O) groups is 1. The molecule has 37 heavy (non-hydrogen) atoms. The molecule has 1 amide bonds.